The third kappa shape index (κ3) is 3.04. The predicted molar refractivity (Wildman–Crippen MR) is 76.9 cm³/mol. The molecule has 2 rings (SSSR count). The van der Waals surface area contributed by atoms with Crippen LogP contribution in [0, 0.1) is 0 Å². The van der Waals surface area contributed by atoms with Crippen molar-refractivity contribution in [1.29, 1.82) is 0 Å². The lowest BCUT2D eigenvalue weighted by Gasteiger charge is -2.23. The number of hydrogen-bond acceptors (Lipinski definition) is 3. The second kappa shape index (κ2) is 5.69. The Labute approximate surface area is 122 Å². The molecule has 0 amide bonds. The maximum absolute atomic E-state index is 12.2. The number of halogens is 2. The summed E-state index contributed by atoms with van der Waals surface area (Å²) in [4.78, 5) is 12.0. The molecule has 104 valence electrons. The molecule has 0 N–H and O–H groups in total. The first kappa shape index (κ1) is 14.6. The molecule has 0 saturated carbocycles. The van der Waals surface area contributed by atoms with Crippen LogP contribution >= 0.6 is 23.2 Å². The topological polar surface area (TPSA) is 54.5 Å². The number of benzene rings is 1. The zero-order valence-corrected chi connectivity index (χ0v) is 12.4. The van der Waals surface area contributed by atoms with Gasteiger partial charge in [-0.15, -0.1) is 11.6 Å². The van der Waals surface area contributed by atoms with E-state index in [0.717, 1.165) is 0 Å². The monoisotopic (exact) mass is 321 g/mol. The molecule has 0 aromatic heterocycles. The first-order valence-corrected chi connectivity index (χ1v) is 8.37. The summed E-state index contributed by atoms with van der Waals surface area (Å²) in [6.45, 7) is 0.291. The van der Waals surface area contributed by atoms with Crippen LogP contribution in [0.2, 0.25) is 5.02 Å². The van der Waals surface area contributed by atoms with Gasteiger partial charge >= 0.3 is 0 Å². The normalized spacial score (nSPS) is 16.1. The number of rotatable bonds is 3. The molecule has 1 aliphatic rings. The highest BCUT2D eigenvalue weighted by atomic mass is 35.5. The van der Waals surface area contributed by atoms with Crippen molar-refractivity contribution in [1.82, 2.24) is 0 Å². The zero-order valence-electron chi connectivity index (χ0n) is 10.1. The Balaban J connectivity index is 2.54. The Morgan fingerprint density at radius 3 is 2.74 bits per heavy atom. The molecular formula is C12H13Cl2NO3S. The molecule has 0 aliphatic carbocycles. The van der Waals surface area contributed by atoms with Gasteiger partial charge < -0.3 is 0 Å². The molecule has 1 aliphatic heterocycles. The first-order chi connectivity index (χ1) is 8.95. The Morgan fingerprint density at radius 2 is 2.05 bits per heavy atom. The van der Waals surface area contributed by atoms with Gasteiger partial charge in [0, 0.05) is 29.4 Å². The van der Waals surface area contributed by atoms with Gasteiger partial charge in [-0.2, -0.15) is 0 Å². The summed E-state index contributed by atoms with van der Waals surface area (Å²) in [7, 11) is -3.50. The third-order valence-electron chi connectivity index (χ3n) is 2.96. The zero-order chi connectivity index (χ0) is 14.0. The van der Waals surface area contributed by atoms with Gasteiger partial charge in [-0.1, -0.05) is 11.6 Å². The van der Waals surface area contributed by atoms with Crippen molar-refractivity contribution in [3.63, 3.8) is 0 Å². The number of ketones is 1. The van der Waals surface area contributed by atoms with Crippen LogP contribution in [0.3, 0.4) is 0 Å². The van der Waals surface area contributed by atoms with Crippen LogP contribution in [0.4, 0.5) is 5.69 Å². The van der Waals surface area contributed by atoms with E-state index < -0.39 is 10.0 Å². The lowest BCUT2D eigenvalue weighted by atomic mass is 10.1. The molecule has 1 aromatic rings. The molecule has 0 bridgehead atoms. The van der Waals surface area contributed by atoms with E-state index in [4.69, 9.17) is 23.2 Å². The van der Waals surface area contributed by atoms with Crippen molar-refractivity contribution in [3.8, 4) is 0 Å². The minimum absolute atomic E-state index is 0.0235. The number of nitrogens with zero attached hydrogens (tertiary/aromatic N) is 1. The number of fused-ring (bicyclic) bond motifs is 1. The van der Waals surface area contributed by atoms with E-state index >= 15 is 0 Å². The Kier molecular flexibility index (Phi) is 4.38. The number of carbonyl (C=O) groups excluding carboxylic acids is 1. The van der Waals surface area contributed by atoms with Crippen LogP contribution in [0.15, 0.2) is 18.2 Å². The highest BCUT2D eigenvalue weighted by Crippen LogP contribution is 2.31. The fraction of sp³-hybridized carbons (Fsp3) is 0.417. The fourth-order valence-corrected chi connectivity index (χ4v) is 4.12. The highest BCUT2D eigenvalue weighted by molar-refractivity contribution is 7.92. The summed E-state index contributed by atoms with van der Waals surface area (Å²) in [5, 5.41) is 0.420. The molecule has 7 heteroatoms. The Hall–Kier alpha value is -0.780. The van der Waals surface area contributed by atoms with Crippen molar-refractivity contribution < 1.29 is 13.2 Å². The van der Waals surface area contributed by atoms with Crippen molar-refractivity contribution in [2.75, 3.05) is 22.5 Å². The quantitative estimate of drug-likeness (QED) is 0.804. The number of sulfonamides is 1. The van der Waals surface area contributed by atoms with Gasteiger partial charge in [0.05, 0.1) is 11.4 Å². The molecule has 0 atom stereocenters. The van der Waals surface area contributed by atoms with Gasteiger partial charge in [-0.3, -0.25) is 9.10 Å². The van der Waals surface area contributed by atoms with E-state index in [1.165, 1.54) is 10.4 Å². The van der Waals surface area contributed by atoms with Gasteiger partial charge in [-0.25, -0.2) is 8.42 Å². The number of alkyl halides is 1. The molecule has 0 spiro atoms. The van der Waals surface area contributed by atoms with E-state index in [9.17, 15) is 13.2 Å². The Morgan fingerprint density at radius 1 is 1.32 bits per heavy atom. The molecule has 0 radical (unpaired) electrons. The number of anilines is 1. The number of carbonyl (C=O) groups is 1. The minimum Gasteiger partial charge on any atom is -0.294 e. The van der Waals surface area contributed by atoms with Crippen molar-refractivity contribution in [3.05, 3.63) is 28.8 Å². The largest absolute Gasteiger partial charge is 0.294 e. The van der Waals surface area contributed by atoms with Gasteiger partial charge in [0.2, 0.25) is 10.0 Å². The lowest BCUT2D eigenvalue weighted by molar-refractivity contribution is 0.0984. The van der Waals surface area contributed by atoms with E-state index in [0.29, 0.717) is 35.7 Å². The molecule has 0 saturated heterocycles. The van der Waals surface area contributed by atoms with E-state index in [1.54, 1.807) is 12.1 Å². The minimum atomic E-state index is -3.50. The summed E-state index contributed by atoms with van der Waals surface area (Å²) < 4.78 is 25.6. The van der Waals surface area contributed by atoms with Gasteiger partial charge in [0.25, 0.3) is 0 Å². The fourth-order valence-electron chi connectivity index (χ4n) is 2.08. The molecule has 1 aromatic carbocycles. The van der Waals surface area contributed by atoms with Crippen LogP contribution < -0.4 is 4.31 Å². The second-order valence-electron chi connectivity index (χ2n) is 4.27. The van der Waals surface area contributed by atoms with Gasteiger partial charge in [-0.05, 0) is 24.6 Å². The van der Waals surface area contributed by atoms with E-state index in [1.807, 2.05) is 0 Å². The van der Waals surface area contributed by atoms with Crippen LogP contribution in [0.5, 0.6) is 0 Å². The highest BCUT2D eigenvalue weighted by Gasteiger charge is 2.28. The second-order valence-corrected chi connectivity index (χ2v) is 7.09. The molecule has 1 heterocycles. The van der Waals surface area contributed by atoms with E-state index in [2.05, 4.69) is 0 Å². The Bertz CT molecular complexity index is 601. The lowest BCUT2D eigenvalue weighted by Crippen LogP contribution is -2.34. The average Bonchev–Trinajstić information content (AvgIpc) is 2.49. The summed E-state index contributed by atoms with van der Waals surface area (Å²) in [6, 6.07) is 4.68. The average molecular weight is 322 g/mol. The summed E-state index contributed by atoms with van der Waals surface area (Å²) in [5.41, 5.74) is 0.764. The molecule has 0 fully saturated rings. The number of Topliss-reactive ketones (excluding diaryl/α,β-unsaturated/α-hetero) is 1. The summed E-state index contributed by atoms with van der Waals surface area (Å²) >= 11 is 11.4. The third-order valence-corrected chi connectivity index (χ3v) is 5.38. The van der Waals surface area contributed by atoms with Crippen LogP contribution in [0.1, 0.15) is 23.2 Å². The van der Waals surface area contributed by atoms with Crippen LogP contribution in [-0.4, -0.2) is 32.4 Å². The molecular weight excluding hydrogens is 309 g/mol. The van der Waals surface area contributed by atoms with E-state index in [-0.39, 0.29) is 17.4 Å². The van der Waals surface area contributed by atoms with Gasteiger partial charge in [0.1, 0.15) is 0 Å². The van der Waals surface area contributed by atoms with Crippen LogP contribution in [0.25, 0.3) is 0 Å². The standard InChI is InChI=1S/C12H13Cl2NO3S/c13-5-7-19(17,18)15-6-1-2-12(16)10-8-9(14)3-4-11(10)15/h3-4,8H,1-2,5-7H2. The van der Waals surface area contributed by atoms with Crippen molar-refractivity contribution >= 4 is 44.7 Å². The van der Waals surface area contributed by atoms with Crippen molar-refractivity contribution in [2.24, 2.45) is 0 Å². The number of hydrogen-bond donors (Lipinski definition) is 0. The van der Waals surface area contributed by atoms with Crippen LogP contribution in [-0.2, 0) is 10.0 Å². The summed E-state index contributed by atoms with van der Waals surface area (Å²) in [5.74, 6) is -0.207. The summed E-state index contributed by atoms with van der Waals surface area (Å²) in [6.07, 6.45) is 0.812. The SMILES string of the molecule is O=C1CCCN(S(=O)(=O)CCCl)c2ccc(Cl)cc21. The molecule has 4 nitrogen and oxygen atoms in total. The van der Waals surface area contributed by atoms with Crippen molar-refractivity contribution in [2.45, 2.75) is 12.8 Å². The predicted octanol–water partition coefficient (Wildman–Crippen LogP) is 2.69. The first-order valence-electron chi connectivity index (χ1n) is 5.85. The molecule has 0 unspecified atom stereocenters. The maximum Gasteiger partial charge on any atom is 0.236 e. The van der Waals surface area contributed by atoms with Gasteiger partial charge in [0.15, 0.2) is 5.78 Å². The maximum atomic E-state index is 12.2. The smallest absolute Gasteiger partial charge is 0.236 e. The molecule has 19 heavy (non-hydrogen) atoms.